The molecular weight excluding hydrogens is 154 g/mol. The van der Waals surface area contributed by atoms with Crippen LogP contribution in [0.2, 0.25) is 6.82 Å². The third kappa shape index (κ3) is 2.18. The lowest BCUT2D eigenvalue weighted by Crippen LogP contribution is -2.25. The molecule has 0 N–H and O–H groups in total. The lowest BCUT2D eigenvalue weighted by molar-refractivity contribution is 0.868. The second-order valence-electron chi connectivity index (χ2n) is 3.77. The van der Waals surface area contributed by atoms with Gasteiger partial charge in [-0.25, -0.2) is 0 Å². The fourth-order valence-corrected chi connectivity index (χ4v) is 1.42. The predicted molar refractivity (Wildman–Crippen MR) is 61.9 cm³/mol. The summed E-state index contributed by atoms with van der Waals surface area (Å²) >= 11 is 0. The van der Waals surface area contributed by atoms with Gasteiger partial charge in [0.25, 0.3) is 0 Å². The summed E-state index contributed by atoms with van der Waals surface area (Å²) in [6, 6.07) is 4.30. The van der Waals surface area contributed by atoms with Crippen molar-refractivity contribution in [3.63, 3.8) is 0 Å². The molecule has 1 aromatic rings. The topological polar surface area (TPSA) is 0 Å². The molecule has 1 rings (SSSR count). The molecule has 0 amide bonds. The first-order chi connectivity index (χ1) is 6.06. The van der Waals surface area contributed by atoms with Crippen molar-refractivity contribution in [1.82, 2.24) is 0 Å². The minimum Gasteiger partial charge on any atom is -0.0941 e. The Bertz CT molecular complexity index is 303. The first kappa shape index (κ1) is 10.4. The Balaban J connectivity index is 3.22. The highest BCUT2D eigenvalue weighted by Crippen LogP contribution is 2.11. The van der Waals surface area contributed by atoms with Crippen molar-refractivity contribution in [2.24, 2.45) is 0 Å². The van der Waals surface area contributed by atoms with Crippen LogP contribution in [0.1, 0.15) is 30.9 Å². The molecule has 0 heterocycles. The monoisotopic (exact) mass is 169 g/mol. The van der Waals surface area contributed by atoms with E-state index in [1.807, 2.05) is 6.82 Å². The zero-order valence-electron chi connectivity index (χ0n) is 8.89. The fraction of sp³-hybridized carbons (Fsp3) is 0.455. The van der Waals surface area contributed by atoms with Gasteiger partial charge in [-0.15, -0.1) is 0 Å². The van der Waals surface area contributed by atoms with E-state index >= 15 is 0 Å². The van der Waals surface area contributed by atoms with Gasteiger partial charge in [0.15, 0.2) is 0 Å². The molecule has 0 unspecified atom stereocenters. The Morgan fingerprint density at radius 1 is 1.31 bits per heavy atom. The normalized spacial score (nSPS) is 10.5. The van der Waals surface area contributed by atoms with E-state index < -0.39 is 0 Å². The molecule has 0 atom stereocenters. The second-order valence-corrected chi connectivity index (χ2v) is 3.77. The van der Waals surface area contributed by atoms with Gasteiger partial charge in [0.2, 0.25) is 0 Å². The zero-order chi connectivity index (χ0) is 10.0. The minimum absolute atomic E-state index is 0.543. The first-order valence-electron chi connectivity index (χ1n) is 4.75. The Morgan fingerprint density at radius 3 is 2.38 bits per heavy atom. The van der Waals surface area contributed by atoms with Gasteiger partial charge < -0.3 is 0 Å². The summed E-state index contributed by atoms with van der Waals surface area (Å²) in [6.45, 7) is 8.48. The van der Waals surface area contributed by atoms with Gasteiger partial charge in [-0.05, 0) is 18.4 Å². The molecule has 0 saturated carbocycles. The van der Waals surface area contributed by atoms with Crippen molar-refractivity contribution < 1.29 is 0 Å². The van der Waals surface area contributed by atoms with Crippen LogP contribution in [0.4, 0.5) is 0 Å². The molecule has 0 aliphatic heterocycles. The molecular formula is C11H15B2. The van der Waals surface area contributed by atoms with Crippen LogP contribution in [-0.2, 0) is 0 Å². The van der Waals surface area contributed by atoms with E-state index in [0.717, 1.165) is 5.46 Å². The lowest BCUT2D eigenvalue weighted by atomic mass is 9.67. The third-order valence-electron chi connectivity index (χ3n) is 2.49. The Labute approximate surface area is 83.4 Å². The summed E-state index contributed by atoms with van der Waals surface area (Å²) in [7, 11) is 8.02. The van der Waals surface area contributed by atoms with Gasteiger partial charge >= 0.3 is 0 Å². The maximum atomic E-state index is 5.91. The molecule has 0 fully saturated rings. The molecule has 65 valence electrons. The first-order valence-corrected chi connectivity index (χ1v) is 4.75. The van der Waals surface area contributed by atoms with E-state index in [-0.39, 0.29) is 0 Å². The van der Waals surface area contributed by atoms with Gasteiger partial charge in [0.05, 0.1) is 0 Å². The smallest absolute Gasteiger partial charge is 0.0941 e. The quantitative estimate of drug-likeness (QED) is 0.585. The third-order valence-corrected chi connectivity index (χ3v) is 2.49. The van der Waals surface area contributed by atoms with Crippen LogP contribution in [0, 0.1) is 6.92 Å². The maximum Gasteiger partial charge on any atom is 0.148 e. The fourth-order valence-electron chi connectivity index (χ4n) is 1.42. The Kier molecular flexibility index (Phi) is 3.24. The molecule has 1 aromatic carbocycles. The summed E-state index contributed by atoms with van der Waals surface area (Å²) in [4.78, 5) is 0. The summed E-state index contributed by atoms with van der Waals surface area (Å²) in [6.07, 6.45) is 0. The van der Waals surface area contributed by atoms with Crippen LogP contribution in [0.5, 0.6) is 0 Å². The van der Waals surface area contributed by atoms with Crippen LogP contribution in [0.15, 0.2) is 12.1 Å². The summed E-state index contributed by atoms with van der Waals surface area (Å²) in [5, 5.41) is 0. The highest BCUT2D eigenvalue weighted by molar-refractivity contribution is 6.53. The van der Waals surface area contributed by atoms with E-state index in [0.29, 0.717) is 5.92 Å². The van der Waals surface area contributed by atoms with E-state index in [2.05, 4.69) is 40.2 Å². The molecule has 3 radical (unpaired) electrons. The van der Waals surface area contributed by atoms with E-state index in [1.165, 1.54) is 16.6 Å². The van der Waals surface area contributed by atoms with Gasteiger partial charge in [-0.2, -0.15) is 0 Å². The molecule has 2 heteroatoms. The highest BCUT2D eigenvalue weighted by atomic mass is 14.1. The molecule has 0 spiro atoms. The summed E-state index contributed by atoms with van der Waals surface area (Å²) < 4.78 is 0. The summed E-state index contributed by atoms with van der Waals surface area (Å²) in [5.74, 6) is 0.543. The molecule has 0 aliphatic rings. The van der Waals surface area contributed by atoms with Crippen molar-refractivity contribution in [3.05, 3.63) is 23.3 Å². The van der Waals surface area contributed by atoms with Crippen molar-refractivity contribution in [2.75, 3.05) is 0 Å². The zero-order valence-corrected chi connectivity index (χ0v) is 8.89. The SMILES string of the molecule is [B]c1cc(C(C)C)cc([B]C)c1C. The van der Waals surface area contributed by atoms with Crippen LogP contribution < -0.4 is 10.9 Å². The van der Waals surface area contributed by atoms with E-state index in [1.54, 1.807) is 0 Å². The van der Waals surface area contributed by atoms with Crippen LogP contribution in [0.3, 0.4) is 0 Å². The molecule has 0 aromatic heterocycles. The molecule has 13 heavy (non-hydrogen) atoms. The number of hydrogen-bond donors (Lipinski definition) is 0. The number of benzene rings is 1. The van der Waals surface area contributed by atoms with Crippen molar-refractivity contribution in [1.29, 1.82) is 0 Å². The predicted octanol–water partition coefficient (Wildman–Crippen LogP) is 1.29. The van der Waals surface area contributed by atoms with Crippen molar-refractivity contribution in [2.45, 2.75) is 33.5 Å². The Morgan fingerprint density at radius 2 is 1.92 bits per heavy atom. The van der Waals surface area contributed by atoms with Crippen molar-refractivity contribution in [3.8, 4) is 0 Å². The largest absolute Gasteiger partial charge is 0.148 e. The van der Waals surface area contributed by atoms with Crippen molar-refractivity contribution >= 4 is 26.1 Å². The van der Waals surface area contributed by atoms with Crippen LogP contribution in [-0.4, -0.2) is 15.1 Å². The Hall–Kier alpha value is -0.650. The van der Waals surface area contributed by atoms with Crippen LogP contribution >= 0.6 is 0 Å². The number of rotatable bonds is 2. The van der Waals surface area contributed by atoms with E-state index in [9.17, 15) is 0 Å². The molecule has 0 bridgehead atoms. The van der Waals surface area contributed by atoms with Gasteiger partial charge in [-0.3, -0.25) is 0 Å². The molecule has 0 saturated heterocycles. The molecule has 0 aliphatic carbocycles. The average molecular weight is 169 g/mol. The number of hydrogen-bond acceptors (Lipinski definition) is 0. The molecule has 0 nitrogen and oxygen atoms in total. The van der Waals surface area contributed by atoms with Gasteiger partial charge in [0, 0.05) is 0 Å². The summed E-state index contributed by atoms with van der Waals surface area (Å²) in [5.41, 5.74) is 4.66. The van der Waals surface area contributed by atoms with Gasteiger partial charge in [0.1, 0.15) is 15.1 Å². The average Bonchev–Trinajstić information content (AvgIpc) is 2.09. The maximum absolute atomic E-state index is 5.91. The lowest BCUT2D eigenvalue weighted by Gasteiger charge is -2.13. The standard InChI is InChI=1S/C11H15B2/c1-7(2)9-5-10(12)8(3)11(6-9)13-4/h5-7H,1-4H3. The van der Waals surface area contributed by atoms with E-state index in [4.69, 9.17) is 7.85 Å². The van der Waals surface area contributed by atoms with Gasteiger partial charge in [-0.1, -0.05) is 49.3 Å². The minimum atomic E-state index is 0.543. The second kappa shape index (κ2) is 4.04. The highest BCUT2D eigenvalue weighted by Gasteiger charge is 2.05. The van der Waals surface area contributed by atoms with Crippen LogP contribution in [0.25, 0.3) is 0 Å².